The molecule has 0 saturated carbocycles. The van der Waals surface area contributed by atoms with Crippen LogP contribution in [-0.4, -0.2) is 27.2 Å². The number of anilines is 1. The molecule has 2 aromatic carbocycles. The molecule has 0 amide bonds. The molecule has 0 radical (unpaired) electrons. The molecule has 1 unspecified atom stereocenters. The van der Waals surface area contributed by atoms with Gasteiger partial charge in [-0.3, -0.25) is 4.31 Å². The van der Waals surface area contributed by atoms with Crippen molar-refractivity contribution >= 4 is 15.7 Å². The molecule has 0 fully saturated rings. The molecule has 1 heterocycles. The minimum Gasteiger partial charge on any atom is -0.495 e. The van der Waals surface area contributed by atoms with Crippen LogP contribution in [-0.2, 0) is 10.0 Å². The van der Waals surface area contributed by atoms with Crippen LogP contribution in [0.1, 0.15) is 29.2 Å². The van der Waals surface area contributed by atoms with E-state index in [4.69, 9.17) is 4.74 Å². The maximum atomic E-state index is 13.5. The smallest absolute Gasteiger partial charge is 0.268 e. The van der Waals surface area contributed by atoms with Crippen LogP contribution in [0.25, 0.3) is 0 Å². The van der Waals surface area contributed by atoms with Gasteiger partial charge >= 0.3 is 0 Å². The van der Waals surface area contributed by atoms with Crippen LogP contribution in [0.5, 0.6) is 5.75 Å². The highest BCUT2D eigenvalue weighted by Gasteiger charge is 2.34. The number of hydrogen-bond donors (Lipinski definition) is 1. The number of halogens is 1. The summed E-state index contributed by atoms with van der Waals surface area (Å²) in [4.78, 5) is 0.0600. The first-order valence-corrected chi connectivity index (χ1v) is 9.35. The lowest BCUT2D eigenvalue weighted by Crippen LogP contribution is -2.37. The third-order valence-electron chi connectivity index (χ3n) is 4.57. The zero-order valence-electron chi connectivity index (χ0n) is 14.3. The SMILES string of the molecule is COc1cc(C)c(C)cc1S(=O)(=O)N1CCC(O)c2cc(F)ccc21. The zero-order valence-corrected chi connectivity index (χ0v) is 15.1. The first-order valence-electron chi connectivity index (χ1n) is 7.91. The molecular weight excluding hydrogens is 345 g/mol. The number of fused-ring (bicyclic) bond motifs is 1. The van der Waals surface area contributed by atoms with Gasteiger partial charge in [-0.25, -0.2) is 12.8 Å². The van der Waals surface area contributed by atoms with E-state index in [1.54, 1.807) is 12.1 Å². The van der Waals surface area contributed by atoms with Gasteiger partial charge in [0.2, 0.25) is 0 Å². The second-order valence-corrected chi connectivity index (χ2v) is 8.00. The van der Waals surface area contributed by atoms with Crippen LogP contribution in [0, 0.1) is 19.7 Å². The van der Waals surface area contributed by atoms with Crippen molar-refractivity contribution < 1.29 is 22.7 Å². The molecule has 0 aromatic heterocycles. The van der Waals surface area contributed by atoms with Crippen molar-refractivity contribution in [2.75, 3.05) is 18.0 Å². The molecule has 0 spiro atoms. The number of methoxy groups -OCH3 is 1. The van der Waals surface area contributed by atoms with Crippen molar-refractivity contribution in [2.24, 2.45) is 0 Å². The number of aryl methyl sites for hydroxylation is 2. The standard InChI is InChI=1S/C18H20FNO4S/c1-11-8-17(24-3)18(9-12(11)2)25(22,23)20-7-6-16(21)14-10-13(19)4-5-15(14)20/h4-5,8-10,16,21H,6-7H2,1-3H3. The van der Waals surface area contributed by atoms with Crippen LogP contribution in [0.15, 0.2) is 35.2 Å². The quantitative estimate of drug-likeness (QED) is 0.908. The predicted molar refractivity (Wildman–Crippen MR) is 93.0 cm³/mol. The summed E-state index contributed by atoms with van der Waals surface area (Å²) in [6.45, 7) is 3.82. The van der Waals surface area contributed by atoms with E-state index in [2.05, 4.69) is 0 Å². The van der Waals surface area contributed by atoms with Gasteiger partial charge in [0, 0.05) is 12.1 Å². The molecule has 0 saturated heterocycles. The Labute approximate surface area is 146 Å². The Morgan fingerprint density at radius 3 is 2.56 bits per heavy atom. The van der Waals surface area contributed by atoms with Gasteiger partial charge < -0.3 is 9.84 Å². The maximum Gasteiger partial charge on any atom is 0.268 e. The van der Waals surface area contributed by atoms with Gasteiger partial charge in [-0.05, 0) is 61.7 Å². The van der Waals surface area contributed by atoms with E-state index in [0.29, 0.717) is 5.69 Å². The highest BCUT2D eigenvalue weighted by atomic mass is 32.2. The van der Waals surface area contributed by atoms with Crippen molar-refractivity contribution in [3.63, 3.8) is 0 Å². The Bertz CT molecular complexity index is 927. The molecule has 25 heavy (non-hydrogen) atoms. The number of aliphatic hydroxyl groups excluding tert-OH is 1. The van der Waals surface area contributed by atoms with Crippen LogP contribution >= 0.6 is 0 Å². The summed E-state index contributed by atoms with van der Waals surface area (Å²) in [5, 5.41) is 10.1. The minimum atomic E-state index is -3.92. The summed E-state index contributed by atoms with van der Waals surface area (Å²) < 4.78 is 46.5. The van der Waals surface area contributed by atoms with E-state index in [-0.39, 0.29) is 29.2 Å². The highest BCUT2D eigenvalue weighted by molar-refractivity contribution is 7.93. The van der Waals surface area contributed by atoms with Gasteiger partial charge in [-0.2, -0.15) is 0 Å². The van der Waals surface area contributed by atoms with Gasteiger partial charge in [0.15, 0.2) is 0 Å². The van der Waals surface area contributed by atoms with E-state index >= 15 is 0 Å². The first-order chi connectivity index (χ1) is 11.8. The zero-order chi connectivity index (χ0) is 18.4. The minimum absolute atomic E-state index is 0.0600. The second kappa shape index (κ2) is 6.31. The summed E-state index contributed by atoms with van der Waals surface area (Å²) >= 11 is 0. The highest BCUT2D eigenvalue weighted by Crippen LogP contribution is 2.39. The number of rotatable bonds is 3. The topological polar surface area (TPSA) is 66.8 Å². The lowest BCUT2D eigenvalue weighted by molar-refractivity contribution is 0.166. The average Bonchev–Trinajstić information content (AvgIpc) is 2.57. The molecule has 7 heteroatoms. The van der Waals surface area contributed by atoms with E-state index < -0.39 is 21.9 Å². The van der Waals surface area contributed by atoms with Crippen molar-refractivity contribution in [1.82, 2.24) is 0 Å². The molecule has 3 rings (SSSR count). The number of sulfonamides is 1. The molecular formula is C18H20FNO4S. The summed E-state index contributed by atoms with van der Waals surface area (Å²) in [6.07, 6.45) is -0.693. The normalized spacial score (nSPS) is 17.3. The number of aliphatic hydroxyl groups is 1. The van der Waals surface area contributed by atoms with E-state index in [9.17, 15) is 17.9 Å². The molecule has 5 nitrogen and oxygen atoms in total. The molecule has 1 aliphatic heterocycles. The molecule has 134 valence electrons. The lowest BCUT2D eigenvalue weighted by atomic mass is 10.0. The van der Waals surface area contributed by atoms with Crippen LogP contribution < -0.4 is 9.04 Å². The number of benzene rings is 2. The Balaban J connectivity index is 2.17. The van der Waals surface area contributed by atoms with E-state index in [0.717, 1.165) is 11.1 Å². The fraction of sp³-hybridized carbons (Fsp3) is 0.333. The average molecular weight is 365 g/mol. The summed E-state index contributed by atoms with van der Waals surface area (Å²) in [5.74, 6) is -0.251. The largest absolute Gasteiger partial charge is 0.495 e. The van der Waals surface area contributed by atoms with Crippen molar-refractivity contribution in [2.45, 2.75) is 31.3 Å². The Hall–Kier alpha value is -2.12. The van der Waals surface area contributed by atoms with Gasteiger partial charge in [-0.15, -0.1) is 0 Å². The number of hydrogen-bond acceptors (Lipinski definition) is 4. The van der Waals surface area contributed by atoms with Gasteiger partial charge in [-0.1, -0.05) is 0 Å². The molecule has 2 aromatic rings. The van der Waals surface area contributed by atoms with Crippen LogP contribution in [0.3, 0.4) is 0 Å². The van der Waals surface area contributed by atoms with Gasteiger partial charge in [0.1, 0.15) is 16.5 Å². The monoisotopic (exact) mass is 365 g/mol. The van der Waals surface area contributed by atoms with Gasteiger partial charge in [0.05, 0.1) is 18.9 Å². The molecule has 0 bridgehead atoms. The fourth-order valence-electron chi connectivity index (χ4n) is 3.03. The Morgan fingerprint density at radius 1 is 1.20 bits per heavy atom. The first kappa shape index (κ1) is 17.7. The fourth-order valence-corrected chi connectivity index (χ4v) is 4.76. The summed E-state index contributed by atoms with van der Waals surface area (Å²) in [7, 11) is -2.50. The van der Waals surface area contributed by atoms with E-state index in [1.165, 1.54) is 29.6 Å². The van der Waals surface area contributed by atoms with Gasteiger partial charge in [0.25, 0.3) is 10.0 Å². The molecule has 1 N–H and O–H groups in total. The lowest BCUT2D eigenvalue weighted by Gasteiger charge is -2.33. The predicted octanol–water partition coefficient (Wildman–Crippen LogP) is 3.08. The van der Waals surface area contributed by atoms with E-state index in [1.807, 2.05) is 13.8 Å². The van der Waals surface area contributed by atoms with Crippen LogP contribution in [0.2, 0.25) is 0 Å². The molecule has 1 aliphatic rings. The second-order valence-electron chi connectivity index (χ2n) is 6.17. The number of nitrogens with zero attached hydrogens (tertiary/aromatic N) is 1. The van der Waals surface area contributed by atoms with Crippen LogP contribution in [0.4, 0.5) is 10.1 Å². The van der Waals surface area contributed by atoms with Crippen molar-refractivity contribution in [1.29, 1.82) is 0 Å². The van der Waals surface area contributed by atoms with Crippen molar-refractivity contribution in [3.8, 4) is 5.75 Å². The van der Waals surface area contributed by atoms with Crippen molar-refractivity contribution in [3.05, 3.63) is 52.8 Å². The molecule has 1 atom stereocenters. The molecule has 0 aliphatic carbocycles. The maximum absolute atomic E-state index is 13.5. The third-order valence-corrected chi connectivity index (χ3v) is 6.41. The Morgan fingerprint density at radius 2 is 1.88 bits per heavy atom. The summed E-state index contributed by atoms with van der Waals surface area (Å²) in [6, 6.07) is 7.03. The Kier molecular flexibility index (Phi) is 4.47. The number of ether oxygens (including phenoxy) is 1. The summed E-state index contributed by atoms with van der Waals surface area (Å²) in [5.41, 5.74) is 2.32. The third kappa shape index (κ3) is 2.98.